The standard InChI is InChI=1S/C21H19FN4O4/c1-3-4-9-30-12-5-6-13(22)16(10-12)26-19-17(11(2)25-26)20(27)24-14-7-8-15(21(28)29)23-18(14)19/h5-8,10H,3-4,9H2,1-2H3,(H,24,27)(H,28,29). The lowest BCUT2D eigenvalue weighted by atomic mass is 10.2. The minimum absolute atomic E-state index is 0.0801. The van der Waals surface area contributed by atoms with E-state index in [1.54, 1.807) is 6.92 Å². The van der Waals surface area contributed by atoms with Crippen LogP contribution < -0.4 is 10.3 Å². The number of aromatic amines is 1. The van der Waals surface area contributed by atoms with Crippen molar-refractivity contribution in [2.24, 2.45) is 0 Å². The molecule has 0 aliphatic heterocycles. The number of hydrogen-bond acceptors (Lipinski definition) is 5. The largest absolute Gasteiger partial charge is 0.494 e. The molecule has 9 heteroatoms. The van der Waals surface area contributed by atoms with Crippen molar-refractivity contribution in [2.45, 2.75) is 26.7 Å². The summed E-state index contributed by atoms with van der Waals surface area (Å²) in [6.07, 6.45) is 1.82. The van der Waals surface area contributed by atoms with E-state index in [1.807, 2.05) is 6.92 Å². The minimum atomic E-state index is -1.21. The topological polar surface area (TPSA) is 110 Å². The van der Waals surface area contributed by atoms with E-state index in [-0.39, 0.29) is 27.8 Å². The first-order valence-electron chi connectivity index (χ1n) is 9.49. The van der Waals surface area contributed by atoms with Gasteiger partial charge < -0.3 is 14.8 Å². The van der Waals surface area contributed by atoms with Crippen LogP contribution in [-0.4, -0.2) is 37.4 Å². The van der Waals surface area contributed by atoms with Crippen LogP contribution in [0.25, 0.3) is 27.6 Å². The van der Waals surface area contributed by atoms with Crippen molar-refractivity contribution in [2.75, 3.05) is 6.61 Å². The summed E-state index contributed by atoms with van der Waals surface area (Å²) in [6.45, 7) is 4.16. The van der Waals surface area contributed by atoms with Gasteiger partial charge in [-0.05, 0) is 37.6 Å². The quantitative estimate of drug-likeness (QED) is 0.470. The van der Waals surface area contributed by atoms with E-state index in [1.165, 1.54) is 35.0 Å². The van der Waals surface area contributed by atoms with E-state index >= 15 is 0 Å². The number of nitrogens with zero attached hydrogens (tertiary/aromatic N) is 3. The van der Waals surface area contributed by atoms with Crippen molar-refractivity contribution >= 4 is 27.9 Å². The van der Waals surface area contributed by atoms with Crippen molar-refractivity contribution in [1.82, 2.24) is 19.7 Å². The third-order valence-corrected chi connectivity index (χ3v) is 4.79. The molecule has 30 heavy (non-hydrogen) atoms. The van der Waals surface area contributed by atoms with Gasteiger partial charge in [-0.3, -0.25) is 4.79 Å². The number of aromatic nitrogens is 4. The van der Waals surface area contributed by atoms with E-state index in [9.17, 15) is 19.1 Å². The van der Waals surface area contributed by atoms with Crippen molar-refractivity contribution in [3.63, 3.8) is 0 Å². The highest BCUT2D eigenvalue weighted by molar-refractivity contribution is 6.03. The van der Waals surface area contributed by atoms with Crippen LogP contribution >= 0.6 is 0 Å². The molecule has 1 aromatic carbocycles. The molecule has 154 valence electrons. The Morgan fingerprint density at radius 3 is 2.83 bits per heavy atom. The van der Waals surface area contributed by atoms with Crippen LogP contribution in [0.2, 0.25) is 0 Å². The summed E-state index contributed by atoms with van der Waals surface area (Å²) >= 11 is 0. The lowest BCUT2D eigenvalue weighted by Crippen LogP contribution is -2.10. The monoisotopic (exact) mass is 410 g/mol. The first-order chi connectivity index (χ1) is 14.4. The number of H-pyrrole nitrogens is 1. The molecule has 0 saturated carbocycles. The normalized spacial score (nSPS) is 11.3. The molecule has 0 aliphatic rings. The van der Waals surface area contributed by atoms with Gasteiger partial charge in [-0.15, -0.1) is 0 Å². The molecule has 0 radical (unpaired) electrons. The number of nitrogens with one attached hydrogen (secondary N) is 1. The third-order valence-electron chi connectivity index (χ3n) is 4.79. The molecule has 3 aromatic heterocycles. The Balaban J connectivity index is 2.01. The summed E-state index contributed by atoms with van der Waals surface area (Å²) in [4.78, 5) is 30.9. The number of rotatable bonds is 6. The fourth-order valence-corrected chi connectivity index (χ4v) is 3.32. The second-order valence-corrected chi connectivity index (χ2v) is 6.89. The maximum absolute atomic E-state index is 14.8. The van der Waals surface area contributed by atoms with Gasteiger partial charge in [0.1, 0.15) is 34.0 Å². The predicted octanol–water partition coefficient (Wildman–Crippen LogP) is 3.59. The first-order valence-corrected chi connectivity index (χ1v) is 9.49. The Labute approximate surface area is 169 Å². The van der Waals surface area contributed by atoms with Gasteiger partial charge in [-0.2, -0.15) is 5.10 Å². The zero-order valence-corrected chi connectivity index (χ0v) is 16.4. The lowest BCUT2D eigenvalue weighted by Gasteiger charge is -2.10. The summed E-state index contributed by atoms with van der Waals surface area (Å²) in [7, 11) is 0. The molecular formula is C21H19FN4O4. The molecular weight excluding hydrogens is 391 g/mol. The Kier molecular flexibility index (Phi) is 4.94. The first kappa shape index (κ1) is 19.6. The van der Waals surface area contributed by atoms with Crippen molar-refractivity contribution in [3.05, 3.63) is 57.9 Å². The Morgan fingerprint density at radius 1 is 1.30 bits per heavy atom. The molecule has 0 saturated heterocycles. The van der Waals surface area contributed by atoms with Crippen LogP contribution in [0.1, 0.15) is 35.9 Å². The maximum atomic E-state index is 14.8. The summed E-state index contributed by atoms with van der Waals surface area (Å²) in [5.41, 5.74) is 0.610. The molecule has 2 N–H and O–H groups in total. The Bertz CT molecular complexity index is 1340. The van der Waals surface area contributed by atoms with Crippen LogP contribution in [0.5, 0.6) is 5.75 Å². The number of pyridine rings is 2. The van der Waals surface area contributed by atoms with Gasteiger partial charge in [0.25, 0.3) is 5.56 Å². The third kappa shape index (κ3) is 3.28. The van der Waals surface area contributed by atoms with Gasteiger partial charge in [-0.25, -0.2) is 18.9 Å². The molecule has 4 aromatic rings. The van der Waals surface area contributed by atoms with Crippen LogP contribution in [0, 0.1) is 12.7 Å². The zero-order chi connectivity index (χ0) is 21.4. The van der Waals surface area contributed by atoms with Gasteiger partial charge >= 0.3 is 5.97 Å². The number of fused-ring (bicyclic) bond motifs is 3. The average Bonchev–Trinajstić information content (AvgIpc) is 3.07. The van der Waals surface area contributed by atoms with Crippen molar-refractivity contribution in [1.29, 1.82) is 0 Å². The van der Waals surface area contributed by atoms with Gasteiger partial charge in [0.05, 0.1) is 23.2 Å². The molecule has 0 spiro atoms. The van der Waals surface area contributed by atoms with E-state index in [0.717, 1.165) is 12.8 Å². The molecule has 4 rings (SSSR count). The zero-order valence-electron chi connectivity index (χ0n) is 16.4. The van der Waals surface area contributed by atoms with Gasteiger partial charge in [0, 0.05) is 6.07 Å². The number of carboxylic acids is 1. The number of halogens is 1. The molecule has 0 amide bonds. The van der Waals surface area contributed by atoms with E-state index in [4.69, 9.17) is 4.74 Å². The fourth-order valence-electron chi connectivity index (χ4n) is 3.32. The number of aromatic carboxylic acids is 1. The number of carbonyl (C=O) groups is 1. The number of unbranched alkanes of at least 4 members (excludes halogenated alkanes) is 1. The van der Waals surface area contributed by atoms with Crippen molar-refractivity contribution < 1.29 is 19.0 Å². The molecule has 8 nitrogen and oxygen atoms in total. The van der Waals surface area contributed by atoms with Crippen molar-refractivity contribution in [3.8, 4) is 11.4 Å². The molecule has 0 atom stereocenters. The van der Waals surface area contributed by atoms with E-state index < -0.39 is 17.3 Å². The minimum Gasteiger partial charge on any atom is -0.494 e. The predicted molar refractivity (Wildman–Crippen MR) is 109 cm³/mol. The lowest BCUT2D eigenvalue weighted by molar-refractivity contribution is 0.0691. The summed E-state index contributed by atoms with van der Waals surface area (Å²) in [5.74, 6) is -1.31. The maximum Gasteiger partial charge on any atom is 0.354 e. The van der Waals surface area contributed by atoms with Gasteiger partial charge in [-0.1, -0.05) is 13.3 Å². The Morgan fingerprint density at radius 2 is 2.10 bits per heavy atom. The number of ether oxygens (including phenoxy) is 1. The fraction of sp³-hybridized carbons (Fsp3) is 0.238. The van der Waals surface area contributed by atoms with Gasteiger partial charge in [0.15, 0.2) is 0 Å². The summed E-state index contributed by atoms with van der Waals surface area (Å²) < 4.78 is 21.7. The van der Waals surface area contributed by atoms with E-state index in [0.29, 0.717) is 23.6 Å². The smallest absolute Gasteiger partial charge is 0.354 e. The Hall–Kier alpha value is -3.75. The van der Waals surface area contributed by atoms with Crippen LogP contribution in [0.4, 0.5) is 4.39 Å². The van der Waals surface area contributed by atoms with Crippen LogP contribution in [-0.2, 0) is 0 Å². The van der Waals surface area contributed by atoms with Gasteiger partial charge in [0.2, 0.25) is 0 Å². The van der Waals surface area contributed by atoms with E-state index in [2.05, 4.69) is 15.1 Å². The second kappa shape index (κ2) is 7.58. The SMILES string of the molecule is CCCCOc1ccc(F)c(-n2nc(C)c3c(=O)[nH]c4ccc(C(=O)O)nc4c32)c1. The summed E-state index contributed by atoms with van der Waals surface area (Å²) in [5, 5.41) is 13.9. The highest BCUT2D eigenvalue weighted by Crippen LogP contribution is 2.28. The molecule has 0 fully saturated rings. The molecule has 3 heterocycles. The second-order valence-electron chi connectivity index (χ2n) is 6.89. The molecule has 0 unspecified atom stereocenters. The van der Waals surface area contributed by atoms with Crippen LogP contribution in [0.3, 0.4) is 0 Å². The highest BCUT2D eigenvalue weighted by atomic mass is 19.1. The number of aryl methyl sites for hydroxylation is 1. The number of carboxylic acid groups (broad SMARTS) is 1. The molecule has 0 bridgehead atoms. The average molecular weight is 410 g/mol. The summed E-state index contributed by atoms with van der Waals surface area (Å²) in [6, 6.07) is 7.05. The number of hydrogen-bond donors (Lipinski definition) is 2. The highest BCUT2D eigenvalue weighted by Gasteiger charge is 2.20. The van der Waals surface area contributed by atoms with Crippen LogP contribution in [0.15, 0.2) is 35.1 Å². The molecule has 0 aliphatic carbocycles. The number of benzene rings is 1.